The first kappa shape index (κ1) is 17.8. The summed E-state index contributed by atoms with van der Waals surface area (Å²) in [5.41, 5.74) is 0. The van der Waals surface area contributed by atoms with E-state index in [2.05, 4.69) is 4.90 Å². The molecule has 1 saturated heterocycles. The van der Waals surface area contributed by atoms with Crippen LogP contribution in [0.1, 0.15) is 84.5 Å². The molecule has 3 rings (SSSR count). The minimum atomic E-state index is -0.108. The zero-order valence-corrected chi connectivity index (χ0v) is 15.5. The van der Waals surface area contributed by atoms with Gasteiger partial charge in [0.2, 0.25) is 11.8 Å². The SMILES string of the molecule is CC(C)N1CC(C(=O)N(C2CCCCC2)C2CCCCC2)CC1=O. The van der Waals surface area contributed by atoms with Crippen LogP contribution in [0.4, 0.5) is 0 Å². The van der Waals surface area contributed by atoms with Crippen LogP contribution < -0.4 is 0 Å². The summed E-state index contributed by atoms with van der Waals surface area (Å²) in [7, 11) is 0. The third kappa shape index (κ3) is 3.78. The number of carbonyl (C=O) groups is 2. The van der Waals surface area contributed by atoms with Crippen LogP contribution in [0.3, 0.4) is 0 Å². The summed E-state index contributed by atoms with van der Waals surface area (Å²) < 4.78 is 0. The second kappa shape index (κ2) is 7.88. The Labute approximate surface area is 146 Å². The molecule has 4 heteroatoms. The Hall–Kier alpha value is -1.06. The van der Waals surface area contributed by atoms with Gasteiger partial charge in [0.05, 0.1) is 5.92 Å². The van der Waals surface area contributed by atoms with E-state index in [4.69, 9.17) is 0 Å². The second-order valence-corrected chi connectivity index (χ2v) is 8.37. The smallest absolute Gasteiger partial charge is 0.228 e. The zero-order valence-electron chi connectivity index (χ0n) is 15.5. The van der Waals surface area contributed by atoms with E-state index in [0.29, 0.717) is 25.0 Å². The molecule has 0 aromatic carbocycles. The highest BCUT2D eigenvalue weighted by Crippen LogP contribution is 2.33. The minimum Gasteiger partial charge on any atom is -0.339 e. The van der Waals surface area contributed by atoms with Crippen LogP contribution in [0.5, 0.6) is 0 Å². The Morgan fingerprint density at radius 2 is 1.46 bits per heavy atom. The Kier molecular flexibility index (Phi) is 5.83. The maximum absolute atomic E-state index is 13.4. The van der Waals surface area contributed by atoms with Gasteiger partial charge >= 0.3 is 0 Å². The van der Waals surface area contributed by atoms with E-state index in [1.54, 1.807) is 0 Å². The van der Waals surface area contributed by atoms with Crippen LogP contribution in [-0.2, 0) is 9.59 Å². The Morgan fingerprint density at radius 3 is 1.88 bits per heavy atom. The molecular weight excluding hydrogens is 300 g/mol. The molecule has 3 aliphatic rings. The van der Waals surface area contributed by atoms with Gasteiger partial charge < -0.3 is 9.80 Å². The van der Waals surface area contributed by atoms with E-state index >= 15 is 0 Å². The molecule has 1 heterocycles. The number of rotatable bonds is 4. The molecule has 2 aliphatic carbocycles. The second-order valence-electron chi connectivity index (χ2n) is 8.37. The van der Waals surface area contributed by atoms with E-state index in [1.807, 2.05) is 18.7 Å². The molecule has 0 bridgehead atoms. The van der Waals surface area contributed by atoms with Crippen molar-refractivity contribution in [3.05, 3.63) is 0 Å². The molecule has 1 atom stereocenters. The molecule has 24 heavy (non-hydrogen) atoms. The standard InChI is InChI=1S/C20H34N2O2/c1-15(2)21-14-16(13-19(21)23)20(24)22(17-9-5-3-6-10-17)18-11-7-4-8-12-18/h15-18H,3-14H2,1-2H3. The van der Waals surface area contributed by atoms with Gasteiger partial charge in [-0.1, -0.05) is 38.5 Å². The summed E-state index contributed by atoms with van der Waals surface area (Å²) >= 11 is 0. The van der Waals surface area contributed by atoms with Crippen LogP contribution in [0.15, 0.2) is 0 Å². The fourth-order valence-electron chi connectivity index (χ4n) is 4.98. The quantitative estimate of drug-likeness (QED) is 0.786. The molecule has 4 nitrogen and oxygen atoms in total. The van der Waals surface area contributed by atoms with E-state index < -0.39 is 0 Å². The Balaban J connectivity index is 1.74. The molecule has 0 N–H and O–H groups in total. The number of amides is 2. The molecule has 1 aliphatic heterocycles. The first-order valence-electron chi connectivity index (χ1n) is 10.2. The summed E-state index contributed by atoms with van der Waals surface area (Å²) in [5.74, 6) is 0.338. The van der Waals surface area contributed by atoms with Gasteiger partial charge in [0.1, 0.15) is 0 Å². The van der Waals surface area contributed by atoms with Gasteiger partial charge in [-0.3, -0.25) is 9.59 Å². The van der Waals surface area contributed by atoms with Crippen molar-refractivity contribution in [1.29, 1.82) is 0 Å². The normalized spacial score (nSPS) is 27.0. The lowest BCUT2D eigenvalue weighted by atomic mass is 9.87. The third-order valence-corrected chi connectivity index (χ3v) is 6.32. The van der Waals surface area contributed by atoms with E-state index in [9.17, 15) is 9.59 Å². The summed E-state index contributed by atoms with van der Waals surface area (Å²) in [6.07, 6.45) is 12.7. The molecule has 3 fully saturated rings. The van der Waals surface area contributed by atoms with Gasteiger partial charge in [0.25, 0.3) is 0 Å². The zero-order chi connectivity index (χ0) is 17.1. The fraction of sp³-hybridized carbons (Fsp3) is 0.900. The van der Waals surface area contributed by atoms with E-state index in [0.717, 1.165) is 25.7 Å². The molecule has 0 spiro atoms. The molecular formula is C20H34N2O2. The van der Waals surface area contributed by atoms with Crippen molar-refractivity contribution in [3.63, 3.8) is 0 Å². The van der Waals surface area contributed by atoms with Crippen molar-refractivity contribution >= 4 is 11.8 Å². The predicted molar refractivity (Wildman–Crippen MR) is 95.5 cm³/mol. The van der Waals surface area contributed by atoms with Gasteiger partial charge in [-0.2, -0.15) is 0 Å². The maximum Gasteiger partial charge on any atom is 0.228 e. The van der Waals surface area contributed by atoms with Crippen LogP contribution in [0.2, 0.25) is 0 Å². The van der Waals surface area contributed by atoms with Gasteiger partial charge in [-0.15, -0.1) is 0 Å². The summed E-state index contributed by atoms with van der Waals surface area (Å²) in [4.78, 5) is 29.8. The van der Waals surface area contributed by atoms with E-state index in [-0.39, 0.29) is 23.8 Å². The molecule has 0 aromatic rings. The lowest BCUT2D eigenvalue weighted by molar-refractivity contribution is -0.142. The van der Waals surface area contributed by atoms with Crippen molar-refractivity contribution < 1.29 is 9.59 Å². The average molecular weight is 335 g/mol. The minimum absolute atomic E-state index is 0.108. The monoisotopic (exact) mass is 334 g/mol. The highest BCUT2D eigenvalue weighted by atomic mass is 16.2. The van der Waals surface area contributed by atoms with Crippen molar-refractivity contribution in [2.24, 2.45) is 5.92 Å². The number of nitrogens with zero attached hydrogens (tertiary/aromatic N) is 2. The first-order valence-corrected chi connectivity index (χ1v) is 10.2. The fourth-order valence-corrected chi connectivity index (χ4v) is 4.98. The molecule has 1 unspecified atom stereocenters. The van der Waals surface area contributed by atoms with Gasteiger partial charge in [-0.25, -0.2) is 0 Å². The number of hydrogen-bond acceptors (Lipinski definition) is 2. The van der Waals surface area contributed by atoms with Gasteiger partial charge in [-0.05, 0) is 39.5 Å². The first-order chi connectivity index (χ1) is 11.6. The van der Waals surface area contributed by atoms with Crippen molar-refractivity contribution in [1.82, 2.24) is 9.80 Å². The van der Waals surface area contributed by atoms with Crippen LogP contribution >= 0.6 is 0 Å². The molecule has 2 saturated carbocycles. The van der Waals surface area contributed by atoms with Crippen LogP contribution in [0.25, 0.3) is 0 Å². The summed E-state index contributed by atoms with van der Waals surface area (Å²) in [5, 5.41) is 0. The Morgan fingerprint density at radius 1 is 0.958 bits per heavy atom. The molecule has 136 valence electrons. The third-order valence-electron chi connectivity index (χ3n) is 6.32. The Bertz CT molecular complexity index is 433. The van der Waals surface area contributed by atoms with Gasteiger partial charge in [0.15, 0.2) is 0 Å². The van der Waals surface area contributed by atoms with Crippen molar-refractivity contribution in [2.75, 3.05) is 6.54 Å². The highest BCUT2D eigenvalue weighted by molar-refractivity contribution is 5.89. The van der Waals surface area contributed by atoms with E-state index in [1.165, 1.54) is 38.5 Å². The lowest BCUT2D eigenvalue weighted by Gasteiger charge is -2.43. The summed E-state index contributed by atoms with van der Waals surface area (Å²) in [6, 6.07) is 1.06. The summed E-state index contributed by atoms with van der Waals surface area (Å²) in [6.45, 7) is 4.72. The van der Waals surface area contributed by atoms with Crippen molar-refractivity contribution in [3.8, 4) is 0 Å². The van der Waals surface area contributed by atoms with Gasteiger partial charge in [0, 0.05) is 31.1 Å². The average Bonchev–Trinajstić information content (AvgIpc) is 2.99. The number of carbonyl (C=O) groups excluding carboxylic acids is 2. The predicted octanol–water partition coefficient (Wildman–Crippen LogP) is 3.74. The highest BCUT2D eigenvalue weighted by Gasteiger charge is 2.41. The largest absolute Gasteiger partial charge is 0.339 e. The van der Waals surface area contributed by atoms with Crippen LogP contribution in [0, 0.1) is 5.92 Å². The maximum atomic E-state index is 13.4. The molecule has 0 radical (unpaired) electrons. The van der Waals surface area contributed by atoms with Crippen LogP contribution in [-0.4, -0.2) is 46.3 Å². The molecule has 0 aromatic heterocycles. The number of hydrogen-bond donors (Lipinski definition) is 0. The number of likely N-dealkylation sites (tertiary alicyclic amines) is 1. The topological polar surface area (TPSA) is 40.6 Å². The lowest BCUT2D eigenvalue weighted by Crippen LogP contribution is -2.51. The molecule has 2 amide bonds. The van der Waals surface area contributed by atoms with Crippen molar-refractivity contribution in [2.45, 2.75) is 103 Å².